The van der Waals surface area contributed by atoms with Crippen LogP contribution in [0.25, 0.3) is 0 Å². The zero-order valence-corrected chi connectivity index (χ0v) is 12.3. The van der Waals surface area contributed by atoms with Crippen LogP contribution in [0.4, 0.5) is 0 Å². The first kappa shape index (κ1) is 13.1. The second-order valence-corrected chi connectivity index (χ2v) is 6.49. The number of nitrogens with one attached hydrogen (secondary N) is 1. The Hall–Kier alpha value is -1.55. The molecule has 3 saturated heterocycles. The molecule has 1 atom stereocenters. The number of ether oxygens (including phenoxy) is 1. The van der Waals surface area contributed by atoms with E-state index in [4.69, 9.17) is 4.74 Å². The van der Waals surface area contributed by atoms with Crippen LogP contribution in [0.1, 0.15) is 35.2 Å². The van der Waals surface area contributed by atoms with E-state index in [0.717, 1.165) is 37.3 Å². The minimum Gasteiger partial charge on any atom is -0.493 e. The Labute approximate surface area is 125 Å². The summed E-state index contributed by atoms with van der Waals surface area (Å²) in [7, 11) is 0. The summed E-state index contributed by atoms with van der Waals surface area (Å²) < 4.78 is 5.61. The average Bonchev–Trinajstić information content (AvgIpc) is 2.55. The molecule has 1 unspecified atom stereocenters. The molecule has 4 nitrogen and oxygen atoms in total. The van der Waals surface area contributed by atoms with Crippen molar-refractivity contribution in [3.05, 3.63) is 29.3 Å². The van der Waals surface area contributed by atoms with Gasteiger partial charge in [0.15, 0.2) is 0 Å². The summed E-state index contributed by atoms with van der Waals surface area (Å²) in [5.41, 5.74) is 1.94. The van der Waals surface area contributed by atoms with Crippen LogP contribution in [0.15, 0.2) is 18.2 Å². The summed E-state index contributed by atoms with van der Waals surface area (Å²) in [4.78, 5) is 15.0. The van der Waals surface area contributed by atoms with E-state index < -0.39 is 0 Å². The highest BCUT2D eigenvalue weighted by Crippen LogP contribution is 2.28. The first-order chi connectivity index (χ1) is 10.3. The Kier molecular flexibility index (Phi) is 3.34. The van der Waals surface area contributed by atoms with Gasteiger partial charge < -0.3 is 15.0 Å². The quantitative estimate of drug-likeness (QED) is 0.902. The SMILES string of the molecule is O=C(NC1CN2CCC1CC2)c1ccc2c(c1)CCCO2. The summed E-state index contributed by atoms with van der Waals surface area (Å²) in [6.07, 6.45) is 4.50. The molecule has 1 aromatic rings. The molecule has 1 amide bonds. The van der Waals surface area contributed by atoms with Crippen LogP contribution in [0.2, 0.25) is 0 Å². The zero-order chi connectivity index (χ0) is 14.2. The van der Waals surface area contributed by atoms with Gasteiger partial charge in [-0.15, -0.1) is 0 Å². The maximum Gasteiger partial charge on any atom is 0.251 e. The lowest BCUT2D eigenvalue weighted by molar-refractivity contribution is 0.0620. The third kappa shape index (κ3) is 2.53. The number of nitrogens with zero attached hydrogens (tertiary/aromatic N) is 1. The van der Waals surface area contributed by atoms with Gasteiger partial charge in [-0.05, 0) is 68.5 Å². The molecule has 5 rings (SSSR count). The van der Waals surface area contributed by atoms with E-state index in [-0.39, 0.29) is 5.91 Å². The predicted molar refractivity (Wildman–Crippen MR) is 80.7 cm³/mol. The molecule has 0 spiro atoms. The summed E-state index contributed by atoms with van der Waals surface area (Å²) in [6.45, 7) is 4.21. The molecule has 0 aromatic heterocycles. The summed E-state index contributed by atoms with van der Waals surface area (Å²) in [6, 6.07) is 6.17. The standard InChI is InChI=1S/C17H22N2O2/c20-17(18-15-11-19-7-5-12(15)6-8-19)14-3-4-16-13(10-14)2-1-9-21-16/h3-4,10,12,15H,1-2,5-9,11H2,(H,18,20). The maximum absolute atomic E-state index is 12.5. The van der Waals surface area contributed by atoms with Crippen molar-refractivity contribution in [2.24, 2.45) is 5.92 Å². The number of piperidine rings is 3. The Bertz CT molecular complexity index is 550. The molecule has 1 N–H and O–H groups in total. The number of rotatable bonds is 2. The number of fused-ring (bicyclic) bond motifs is 4. The van der Waals surface area contributed by atoms with E-state index in [1.807, 2.05) is 18.2 Å². The number of benzene rings is 1. The van der Waals surface area contributed by atoms with Gasteiger partial charge in [0.05, 0.1) is 6.61 Å². The number of carbonyl (C=O) groups is 1. The first-order valence-electron chi connectivity index (χ1n) is 8.08. The van der Waals surface area contributed by atoms with Crippen LogP contribution in [-0.2, 0) is 6.42 Å². The van der Waals surface area contributed by atoms with Crippen molar-refractivity contribution in [3.8, 4) is 5.75 Å². The molecule has 1 aromatic carbocycles. The second-order valence-electron chi connectivity index (χ2n) is 6.49. The van der Waals surface area contributed by atoms with Crippen molar-refractivity contribution in [1.29, 1.82) is 0 Å². The molecule has 4 aliphatic heterocycles. The van der Waals surface area contributed by atoms with Crippen LogP contribution in [-0.4, -0.2) is 43.1 Å². The minimum atomic E-state index is 0.0714. The number of hydrogen-bond acceptors (Lipinski definition) is 3. The third-order valence-electron chi connectivity index (χ3n) is 5.14. The van der Waals surface area contributed by atoms with E-state index in [1.54, 1.807) is 0 Å². The molecule has 4 heteroatoms. The Morgan fingerprint density at radius 2 is 2.14 bits per heavy atom. The summed E-state index contributed by atoms with van der Waals surface area (Å²) >= 11 is 0. The van der Waals surface area contributed by atoms with Crippen molar-refractivity contribution in [3.63, 3.8) is 0 Å². The number of hydrogen-bond donors (Lipinski definition) is 1. The fourth-order valence-electron chi connectivity index (χ4n) is 3.88. The molecule has 4 aliphatic rings. The van der Waals surface area contributed by atoms with Crippen molar-refractivity contribution in [1.82, 2.24) is 10.2 Å². The van der Waals surface area contributed by atoms with Crippen LogP contribution < -0.4 is 10.1 Å². The lowest BCUT2D eigenvalue weighted by Crippen LogP contribution is -2.57. The van der Waals surface area contributed by atoms with Crippen LogP contribution in [0.3, 0.4) is 0 Å². The highest BCUT2D eigenvalue weighted by molar-refractivity contribution is 5.94. The Morgan fingerprint density at radius 1 is 1.29 bits per heavy atom. The topological polar surface area (TPSA) is 41.6 Å². The highest BCUT2D eigenvalue weighted by atomic mass is 16.5. The van der Waals surface area contributed by atoms with Crippen molar-refractivity contribution in [2.75, 3.05) is 26.2 Å². The normalized spacial score (nSPS) is 30.4. The van der Waals surface area contributed by atoms with Crippen molar-refractivity contribution < 1.29 is 9.53 Å². The van der Waals surface area contributed by atoms with Gasteiger partial charge >= 0.3 is 0 Å². The highest BCUT2D eigenvalue weighted by Gasteiger charge is 2.35. The van der Waals surface area contributed by atoms with E-state index in [2.05, 4.69) is 10.2 Å². The van der Waals surface area contributed by atoms with Gasteiger partial charge in [0, 0.05) is 18.2 Å². The molecule has 0 radical (unpaired) electrons. The summed E-state index contributed by atoms with van der Waals surface area (Å²) in [5.74, 6) is 1.68. The van der Waals surface area contributed by atoms with Crippen molar-refractivity contribution >= 4 is 5.91 Å². The van der Waals surface area contributed by atoms with Gasteiger partial charge in [0.25, 0.3) is 5.91 Å². The van der Waals surface area contributed by atoms with Crippen molar-refractivity contribution in [2.45, 2.75) is 31.7 Å². The average molecular weight is 286 g/mol. The summed E-state index contributed by atoms with van der Waals surface area (Å²) in [5, 5.41) is 3.25. The smallest absolute Gasteiger partial charge is 0.251 e. The lowest BCUT2D eigenvalue weighted by Gasteiger charge is -2.44. The van der Waals surface area contributed by atoms with E-state index in [9.17, 15) is 4.79 Å². The van der Waals surface area contributed by atoms with Gasteiger partial charge in [-0.25, -0.2) is 0 Å². The third-order valence-corrected chi connectivity index (χ3v) is 5.14. The number of carbonyl (C=O) groups excluding carboxylic acids is 1. The Balaban J connectivity index is 1.47. The van der Waals surface area contributed by atoms with Gasteiger partial charge in [-0.2, -0.15) is 0 Å². The Morgan fingerprint density at radius 3 is 2.90 bits per heavy atom. The van der Waals surface area contributed by atoms with Gasteiger partial charge in [-0.3, -0.25) is 4.79 Å². The fourth-order valence-corrected chi connectivity index (χ4v) is 3.88. The molecule has 112 valence electrons. The minimum absolute atomic E-state index is 0.0714. The van der Waals surface area contributed by atoms with E-state index in [0.29, 0.717) is 12.0 Å². The molecule has 3 fully saturated rings. The van der Waals surface area contributed by atoms with Gasteiger partial charge in [-0.1, -0.05) is 0 Å². The number of aryl methyl sites for hydroxylation is 1. The molecule has 0 saturated carbocycles. The second kappa shape index (κ2) is 5.34. The molecule has 4 heterocycles. The van der Waals surface area contributed by atoms with E-state index in [1.165, 1.54) is 31.5 Å². The molecule has 21 heavy (non-hydrogen) atoms. The monoisotopic (exact) mass is 286 g/mol. The lowest BCUT2D eigenvalue weighted by atomic mass is 9.84. The van der Waals surface area contributed by atoms with Crippen LogP contribution in [0.5, 0.6) is 5.75 Å². The van der Waals surface area contributed by atoms with Crippen LogP contribution >= 0.6 is 0 Å². The maximum atomic E-state index is 12.5. The number of amides is 1. The predicted octanol–water partition coefficient (Wildman–Crippen LogP) is 1.84. The fraction of sp³-hybridized carbons (Fsp3) is 0.588. The first-order valence-corrected chi connectivity index (χ1v) is 8.08. The molecular formula is C17H22N2O2. The van der Waals surface area contributed by atoms with E-state index >= 15 is 0 Å². The van der Waals surface area contributed by atoms with Crippen LogP contribution in [0, 0.1) is 5.92 Å². The molecule has 0 aliphatic carbocycles. The largest absolute Gasteiger partial charge is 0.493 e. The molecule has 2 bridgehead atoms. The van der Waals surface area contributed by atoms with Gasteiger partial charge in [0.2, 0.25) is 0 Å². The zero-order valence-electron chi connectivity index (χ0n) is 12.3. The molecular weight excluding hydrogens is 264 g/mol. The van der Waals surface area contributed by atoms with Gasteiger partial charge in [0.1, 0.15) is 5.75 Å².